The monoisotopic (exact) mass is 712 g/mol. The van der Waals surface area contributed by atoms with Gasteiger partial charge in [-0.1, -0.05) is 37.3 Å². The van der Waals surface area contributed by atoms with Crippen LogP contribution in [0.1, 0.15) is 89.1 Å². The number of esters is 1. The van der Waals surface area contributed by atoms with Gasteiger partial charge in [-0.2, -0.15) is 0 Å². The first-order valence-electron chi connectivity index (χ1n) is 17.2. The van der Waals surface area contributed by atoms with E-state index in [2.05, 4.69) is 16.0 Å². The molecule has 0 bridgehead atoms. The van der Waals surface area contributed by atoms with Crippen LogP contribution in [-0.4, -0.2) is 88.2 Å². The van der Waals surface area contributed by atoms with E-state index in [-0.39, 0.29) is 38.8 Å². The van der Waals surface area contributed by atoms with Crippen molar-refractivity contribution < 1.29 is 47.7 Å². The van der Waals surface area contributed by atoms with E-state index in [1.54, 1.807) is 58.0 Å². The van der Waals surface area contributed by atoms with Crippen molar-refractivity contribution in [2.24, 2.45) is 0 Å². The number of carboxylic acid groups (broad SMARTS) is 1. The van der Waals surface area contributed by atoms with Crippen molar-refractivity contribution in [3.05, 3.63) is 71.5 Å². The van der Waals surface area contributed by atoms with Gasteiger partial charge in [0.2, 0.25) is 17.7 Å². The number of benzene rings is 2. The highest BCUT2D eigenvalue weighted by atomic mass is 19.1. The second-order valence-corrected chi connectivity index (χ2v) is 13.8. The van der Waals surface area contributed by atoms with Crippen molar-refractivity contribution in [3.63, 3.8) is 0 Å². The molecule has 278 valence electrons. The molecule has 0 aromatic heterocycles. The Morgan fingerprint density at radius 3 is 2.22 bits per heavy atom. The van der Waals surface area contributed by atoms with Crippen LogP contribution in [0.3, 0.4) is 0 Å². The van der Waals surface area contributed by atoms with Crippen LogP contribution in [-0.2, 0) is 35.1 Å². The number of nitrogens with zero attached hydrogens (tertiary/aromatic N) is 1. The fourth-order valence-corrected chi connectivity index (χ4v) is 5.52. The summed E-state index contributed by atoms with van der Waals surface area (Å²) in [4.78, 5) is 79.4. The summed E-state index contributed by atoms with van der Waals surface area (Å²) in [6, 6.07) is 10.5. The number of carbonyl (C=O) groups excluding carboxylic acids is 5. The summed E-state index contributed by atoms with van der Waals surface area (Å²) in [7, 11) is 0. The number of likely N-dealkylation sites (tertiary alicyclic amines) is 1. The maximum Gasteiger partial charge on any atom is 0.408 e. The molecule has 1 aliphatic rings. The standard InChI is InChI=1S/C37H49FN4O9/c1-6-37(5,34(48)39-28(23-24-17-19-26(38)20-18-24)31(44)42-21-12-16-29(42)32(45)46)41-30(43)27(40-35(49)51-36(2,3)4)15-10-11-22-50-33(47)25-13-8-7-9-14-25/h7-9,13-14,17-20,27-29H,6,10-12,15-16,21-23H2,1-5H3,(H,39,48)(H,40,49)(H,41,43)(H,45,46)/t27-,28?,29+,37-/m0/s1. The predicted octanol–water partition coefficient (Wildman–Crippen LogP) is 4.13. The minimum atomic E-state index is -1.57. The van der Waals surface area contributed by atoms with Gasteiger partial charge in [-0.05, 0) is 96.0 Å². The van der Waals surface area contributed by atoms with Gasteiger partial charge in [-0.25, -0.2) is 18.8 Å². The molecule has 13 nitrogen and oxygen atoms in total. The highest BCUT2D eigenvalue weighted by Crippen LogP contribution is 2.21. The number of carboxylic acids is 1. The molecular weight excluding hydrogens is 663 g/mol. The number of ether oxygens (including phenoxy) is 2. The van der Waals surface area contributed by atoms with E-state index in [1.807, 2.05) is 0 Å². The molecule has 1 saturated heterocycles. The number of hydrogen-bond acceptors (Lipinski definition) is 8. The van der Waals surface area contributed by atoms with Gasteiger partial charge in [0, 0.05) is 13.0 Å². The number of halogens is 1. The first kappa shape index (κ1) is 40.4. The van der Waals surface area contributed by atoms with Gasteiger partial charge < -0.3 is 35.4 Å². The number of alkyl carbamates (subject to hydrolysis) is 1. The fraction of sp³-hybridized carbons (Fsp3) is 0.514. The molecule has 1 fully saturated rings. The molecule has 4 atom stereocenters. The second kappa shape index (κ2) is 18.3. The van der Waals surface area contributed by atoms with E-state index in [4.69, 9.17) is 9.47 Å². The zero-order chi connectivity index (χ0) is 37.8. The van der Waals surface area contributed by atoms with Gasteiger partial charge in [-0.3, -0.25) is 14.4 Å². The van der Waals surface area contributed by atoms with Crippen LogP contribution in [0, 0.1) is 5.82 Å². The highest BCUT2D eigenvalue weighted by molar-refractivity contribution is 5.97. The second-order valence-electron chi connectivity index (χ2n) is 13.8. The van der Waals surface area contributed by atoms with Crippen molar-refractivity contribution in [1.82, 2.24) is 20.9 Å². The van der Waals surface area contributed by atoms with Crippen LogP contribution < -0.4 is 16.0 Å². The number of amides is 4. The summed E-state index contributed by atoms with van der Waals surface area (Å²) < 4.78 is 24.3. The number of hydrogen-bond donors (Lipinski definition) is 4. The summed E-state index contributed by atoms with van der Waals surface area (Å²) in [6.45, 7) is 8.42. The van der Waals surface area contributed by atoms with Crippen LogP contribution in [0.15, 0.2) is 54.6 Å². The summed E-state index contributed by atoms with van der Waals surface area (Å²) in [5, 5.41) is 17.7. The molecule has 4 amide bonds. The summed E-state index contributed by atoms with van der Waals surface area (Å²) in [5.41, 5.74) is -1.49. The molecule has 0 spiro atoms. The van der Waals surface area contributed by atoms with E-state index in [1.165, 1.54) is 36.1 Å². The van der Waals surface area contributed by atoms with Gasteiger partial charge >= 0.3 is 18.0 Å². The van der Waals surface area contributed by atoms with Crippen molar-refractivity contribution in [2.45, 2.75) is 109 Å². The number of aliphatic carboxylic acids is 1. The predicted molar refractivity (Wildman–Crippen MR) is 185 cm³/mol. The van der Waals surface area contributed by atoms with Gasteiger partial charge in [0.15, 0.2) is 0 Å². The molecule has 1 aliphatic heterocycles. The van der Waals surface area contributed by atoms with Crippen LogP contribution in [0.5, 0.6) is 0 Å². The summed E-state index contributed by atoms with van der Waals surface area (Å²) in [5.74, 6) is -4.14. The first-order valence-corrected chi connectivity index (χ1v) is 17.2. The van der Waals surface area contributed by atoms with E-state index in [9.17, 15) is 38.3 Å². The average Bonchev–Trinajstić information content (AvgIpc) is 3.58. The number of nitrogens with one attached hydrogen (secondary N) is 3. The molecule has 3 rings (SSSR count). The molecule has 0 saturated carbocycles. The molecule has 51 heavy (non-hydrogen) atoms. The number of rotatable bonds is 16. The van der Waals surface area contributed by atoms with E-state index >= 15 is 0 Å². The van der Waals surface area contributed by atoms with Gasteiger partial charge in [-0.15, -0.1) is 0 Å². The van der Waals surface area contributed by atoms with Gasteiger partial charge in [0.25, 0.3) is 0 Å². The lowest BCUT2D eigenvalue weighted by molar-refractivity contribution is -0.149. The number of unbranched alkanes of at least 4 members (excludes halogenated alkanes) is 1. The van der Waals surface area contributed by atoms with Crippen LogP contribution in [0.25, 0.3) is 0 Å². The lowest BCUT2D eigenvalue weighted by atomic mass is 9.94. The molecule has 2 aromatic carbocycles. The van der Waals surface area contributed by atoms with Gasteiger partial charge in [0.05, 0.1) is 12.2 Å². The maximum atomic E-state index is 13.9. The largest absolute Gasteiger partial charge is 0.480 e. The van der Waals surface area contributed by atoms with Crippen molar-refractivity contribution in [2.75, 3.05) is 13.2 Å². The van der Waals surface area contributed by atoms with Crippen LogP contribution in [0.4, 0.5) is 9.18 Å². The molecule has 4 N–H and O–H groups in total. The molecular formula is C37H49FN4O9. The molecule has 14 heteroatoms. The molecule has 1 unspecified atom stereocenters. The third kappa shape index (κ3) is 12.4. The minimum Gasteiger partial charge on any atom is -0.480 e. The molecule has 0 radical (unpaired) electrons. The fourth-order valence-electron chi connectivity index (χ4n) is 5.52. The van der Waals surface area contributed by atoms with Crippen molar-refractivity contribution >= 4 is 35.8 Å². The topological polar surface area (TPSA) is 180 Å². The SMILES string of the molecule is CC[C@](C)(NC(=O)[C@H](CCCCOC(=O)c1ccccc1)NC(=O)OC(C)(C)C)C(=O)NC(Cc1ccc(F)cc1)C(=O)N1CCC[C@@H]1C(=O)O. The Morgan fingerprint density at radius 2 is 1.61 bits per heavy atom. The lowest BCUT2D eigenvalue weighted by Gasteiger charge is -2.34. The zero-order valence-electron chi connectivity index (χ0n) is 29.8. The molecule has 0 aliphatic carbocycles. The summed E-state index contributed by atoms with van der Waals surface area (Å²) in [6.07, 6.45) is 0.783. The Morgan fingerprint density at radius 1 is 0.941 bits per heavy atom. The molecule has 2 aromatic rings. The third-order valence-corrected chi connectivity index (χ3v) is 8.52. The van der Waals surface area contributed by atoms with Crippen LogP contribution in [0.2, 0.25) is 0 Å². The quantitative estimate of drug-likeness (QED) is 0.147. The average molecular weight is 713 g/mol. The highest BCUT2D eigenvalue weighted by Gasteiger charge is 2.41. The van der Waals surface area contributed by atoms with E-state index in [0.717, 1.165) is 0 Å². The Balaban J connectivity index is 1.74. The smallest absolute Gasteiger partial charge is 0.408 e. The molecule has 1 heterocycles. The van der Waals surface area contributed by atoms with E-state index in [0.29, 0.717) is 30.4 Å². The Bertz CT molecular complexity index is 1530. The Kier molecular flexibility index (Phi) is 14.5. The Labute approximate surface area is 297 Å². The van der Waals surface area contributed by atoms with Crippen LogP contribution >= 0.6 is 0 Å². The normalized spacial score (nSPS) is 16.6. The zero-order valence-corrected chi connectivity index (χ0v) is 29.8. The van der Waals surface area contributed by atoms with E-state index < -0.39 is 70.8 Å². The Hall–Kier alpha value is -5.01. The third-order valence-electron chi connectivity index (χ3n) is 8.52. The first-order chi connectivity index (χ1) is 24.0. The maximum absolute atomic E-state index is 13.9. The number of carbonyl (C=O) groups is 6. The van der Waals surface area contributed by atoms with Crippen molar-refractivity contribution in [1.29, 1.82) is 0 Å². The van der Waals surface area contributed by atoms with Crippen molar-refractivity contribution in [3.8, 4) is 0 Å². The lowest BCUT2D eigenvalue weighted by Crippen LogP contribution is -2.63. The minimum absolute atomic E-state index is 0.0564. The summed E-state index contributed by atoms with van der Waals surface area (Å²) >= 11 is 0. The van der Waals surface area contributed by atoms with Gasteiger partial charge in [0.1, 0.15) is 35.1 Å².